The van der Waals surface area contributed by atoms with E-state index in [0.717, 1.165) is 12.8 Å². The summed E-state index contributed by atoms with van der Waals surface area (Å²) in [6, 6.07) is 0. The van der Waals surface area contributed by atoms with Gasteiger partial charge in [0.05, 0.1) is 0 Å². The van der Waals surface area contributed by atoms with E-state index in [4.69, 9.17) is 0 Å². The van der Waals surface area contributed by atoms with E-state index in [-0.39, 0.29) is 18.9 Å². The van der Waals surface area contributed by atoms with Crippen LogP contribution < -0.4 is 18.9 Å². The second-order valence-electron chi connectivity index (χ2n) is 2.96. The molecule has 13 heavy (non-hydrogen) atoms. The molecular formula is C12H21Li. The molecule has 1 heteroatoms. The van der Waals surface area contributed by atoms with E-state index in [1.54, 1.807) is 0 Å². The van der Waals surface area contributed by atoms with Crippen molar-refractivity contribution in [1.82, 2.24) is 0 Å². The molecule has 0 unspecified atom stereocenters. The summed E-state index contributed by atoms with van der Waals surface area (Å²) in [7, 11) is 0. The second-order valence-corrected chi connectivity index (χ2v) is 2.96. The fourth-order valence-corrected chi connectivity index (χ4v) is 1.02. The van der Waals surface area contributed by atoms with Gasteiger partial charge in [0, 0.05) is 0 Å². The molecule has 0 aromatic rings. The van der Waals surface area contributed by atoms with Crippen LogP contribution in [0.15, 0.2) is 24.3 Å². The van der Waals surface area contributed by atoms with Gasteiger partial charge in [-0.15, -0.1) is 6.08 Å². The van der Waals surface area contributed by atoms with Gasteiger partial charge in [-0.1, -0.05) is 38.0 Å². The first-order chi connectivity index (χ1) is 5.91. The predicted molar refractivity (Wildman–Crippen MR) is 57.0 cm³/mol. The van der Waals surface area contributed by atoms with E-state index in [9.17, 15) is 0 Å². The third-order valence-corrected chi connectivity index (χ3v) is 1.75. The number of unbranched alkanes of at least 4 members (excludes halogenated alkanes) is 3. The topological polar surface area (TPSA) is 0 Å². The number of allylic oxidation sites excluding steroid dienone is 4. The Morgan fingerprint density at radius 2 is 1.69 bits per heavy atom. The summed E-state index contributed by atoms with van der Waals surface area (Å²) in [5.41, 5.74) is 0. The number of rotatable bonds is 7. The standard InChI is InChI=1S/C12H21.Li/c1-3-5-7-9-11-12-10-8-6-4-2;/h5,7,11-12H,1,3-4,6,8-10H2,2H3;/q-1;+1/b7-5+,12-11+;. The van der Waals surface area contributed by atoms with Gasteiger partial charge in [-0.25, -0.2) is 0 Å². The zero-order valence-corrected chi connectivity index (χ0v) is 9.26. The molecule has 70 valence electrons. The fourth-order valence-electron chi connectivity index (χ4n) is 1.02. The molecule has 0 aromatic heterocycles. The molecule has 0 radical (unpaired) electrons. The van der Waals surface area contributed by atoms with Gasteiger partial charge in [-0.2, -0.15) is 6.42 Å². The Morgan fingerprint density at radius 3 is 2.31 bits per heavy atom. The van der Waals surface area contributed by atoms with Crippen molar-refractivity contribution in [2.45, 2.75) is 45.4 Å². The van der Waals surface area contributed by atoms with Crippen LogP contribution in [0.1, 0.15) is 45.4 Å². The minimum absolute atomic E-state index is 0. The van der Waals surface area contributed by atoms with E-state index < -0.39 is 0 Å². The molecule has 0 saturated carbocycles. The molecule has 0 atom stereocenters. The molecule has 0 aromatic carbocycles. The molecule has 0 bridgehead atoms. The van der Waals surface area contributed by atoms with Crippen molar-refractivity contribution < 1.29 is 18.9 Å². The monoisotopic (exact) mass is 172 g/mol. The average molecular weight is 172 g/mol. The summed E-state index contributed by atoms with van der Waals surface area (Å²) in [6.45, 7) is 5.97. The van der Waals surface area contributed by atoms with Gasteiger partial charge < -0.3 is 6.92 Å². The summed E-state index contributed by atoms with van der Waals surface area (Å²) in [4.78, 5) is 0. The molecule has 0 fully saturated rings. The summed E-state index contributed by atoms with van der Waals surface area (Å²) in [5.74, 6) is 0. The molecule has 0 rings (SSSR count). The molecule has 0 spiro atoms. The van der Waals surface area contributed by atoms with Crippen LogP contribution in [0.2, 0.25) is 0 Å². The quantitative estimate of drug-likeness (QED) is 0.235. The Hall–Kier alpha value is 0.0774. The molecular weight excluding hydrogens is 151 g/mol. The van der Waals surface area contributed by atoms with Crippen LogP contribution in [0.5, 0.6) is 0 Å². The Kier molecular flexibility index (Phi) is 17.5. The van der Waals surface area contributed by atoms with Crippen molar-refractivity contribution in [3.8, 4) is 0 Å². The maximum Gasteiger partial charge on any atom is 1.00 e. The zero-order chi connectivity index (χ0) is 9.07. The first-order valence-corrected chi connectivity index (χ1v) is 5.01. The van der Waals surface area contributed by atoms with Crippen molar-refractivity contribution in [2.75, 3.05) is 0 Å². The van der Waals surface area contributed by atoms with E-state index in [1.807, 2.05) is 0 Å². The second kappa shape index (κ2) is 14.6. The molecule has 0 heterocycles. The smallest absolute Gasteiger partial charge is 0.340 e. The first-order valence-electron chi connectivity index (χ1n) is 5.01. The van der Waals surface area contributed by atoms with Gasteiger partial charge in [-0.05, 0) is 19.3 Å². The number of hydrogen-bond acceptors (Lipinski definition) is 0. The van der Waals surface area contributed by atoms with Crippen LogP contribution in [0.25, 0.3) is 0 Å². The van der Waals surface area contributed by atoms with Crippen molar-refractivity contribution in [3.05, 3.63) is 31.2 Å². The van der Waals surface area contributed by atoms with Crippen molar-refractivity contribution in [3.63, 3.8) is 0 Å². The van der Waals surface area contributed by atoms with Crippen molar-refractivity contribution >= 4 is 0 Å². The van der Waals surface area contributed by atoms with Crippen molar-refractivity contribution in [1.29, 1.82) is 0 Å². The maximum atomic E-state index is 3.73. The molecule has 0 saturated heterocycles. The number of hydrogen-bond donors (Lipinski definition) is 0. The van der Waals surface area contributed by atoms with E-state index in [2.05, 4.69) is 38.2 Å². The third kappa shape index (κ3) is 14.9. The predicted octanol–water partition coefficient (Wildman–Crippen LogP) is 1.30. The Balaban J connectivity index is 0. The molecule has 0 aliphatic carbocycles. The minimum Gasteiger partial charge on any atom is -0.340 e. The van der Waals surface area contributed by atoms with Crippen LogP contribution >= 0.6 is 0 Å². The van der Waals surface area contributed by atoms with E-state index >= 15 is 0 Å². The largest absolute Gasteiger partial charge is 1.00 e. The molecule has 0 N–H and O–H groups in total. The Bertz CT molecular complexity index is 125. The molecule has 0 amide bonds. The van der Waals surface area contributed by atoms with E-state index in [0.29, 0.717) is 0 Å². The summed E-state index contributed by atoms with van der Waals surface area (Å²) in [6.07, 6.45) is 16.0. The van der Waals surface area contributed by atoms with Crippen LogP contribution in [-0.2, 0) is 0 Å². The van der Waals surface area contributed by atoms with E-state index in [1.165, 1.54) is 25.7 Å². The summed E-state index contributed by atoms with van der Waals surface area (Å²) >= 11 is 0. The van der Waals surface area contributed by atoms with Gasteiger partial charge in [0.15, 0.2) is 0 Å². The Labute approximate surface area is 95.7 Å². The van der Waals surface area contributed by atoms with Crippen LogP contribution in [-0.4, -0.2) is 0 Å². The van der Waals surface area contributed by atoms with Gasteiger partial charge in [0.2, 0.25) is 0 Å². The SMILES string of the molecule is [CH2-]C/C=C/C/C=C/CCCCC.[Li+]. The fraction of sp³-hybridized carbons (Fsp3) is 0.583. The first kappa shape index (κ1) is 15.5. The van der Waals surface area contributed by atoms with Gasteiger partial charge in [-0.3, -0.25) is 0 Å². The Morgan fingerprint density at radius 1 is 1.00 bits per heavy atom. The van der Waals surface area contributed by atoms with Gasteiger partial charge in [0.1, 0.15) is 0 Å². The minimum atomic E-state index is 0. The van der Waals surface area contributed by atoms with Crippen molar-refractivity contribution in [2.24, 2.45) is 0 Å². The molecule has 0 aliphatic heterocycles. The van der Waals surface area contributed by atoms with Crippen LogP contribution in [0.4, 0.5) is 0 Å². The normalized spacial score (nSPS) is 10.9. The average Bonchev–Trinajstić information content (AvgIpc) is 2.10. The molecule has 0 aliphatic rings. The van der Waals surface area contributed by atoms with Gasteiger partial charge in [0.25, 0.3) is 0 Å². The summed E-state index contributed by atoms with van der Waals surface area (Å²) in [5, 5.41) is 0. The van der Waals surface area contributed by atoms with Gasteiger partial charge >= 0.3 is 18.9 Å². The summed E-state index contributed by atoms with van der Waals surface area (Å²) < 4.78 is 0. The van der Waals surface area contributed by atoms with Crippen LogP contribution in [0.3, 0.4) is 0 Å². The third-order valence-electron chi connectivity index (χ3n) is 1.75. The van der Waals surface area contributed by atoms with Crippen LogP contribution in [0, 0.1) is 6.92 Å². The molecule has 0 nitrogen and oxygen atoms in total. The maximum absolute atomic E-state index is 3.73. The zero-order valence-electron chi connectivity index (χ0n) is 9.26.